The number of phenolic OH excluding ortho intramolecular Hbond substituents is 2. The Kier molecular flexibility index (Phi) is 4.33. The maximum Gasteiger partial charge on any atom is 0.119 e. The summed E-state index contributed by atoms with van der Waals surface area (Å²) in [6, 6.07) is 5.38. The molecule has 21 heavy (non-hydrogen) atoms. The minimum atomic E-state index is 0.0582. The van der Waals surface area contributed by atoms with Crippen LogP contribution in [0.25, 0.3) is 0 Å². The van der Waals surface area contributed by atoms with Crippen molar-refractivity contribution >= 4 is 0 Å². The van der Waals surface area contributed by atoms with Crippen LogP contribution in [0.15, 0.2) is 18.2 Å². The molecule has 5 nitrogen and oxygen atoms in total. The molecule has 0 saturated carbocycles. The number of hydrogen-bond acceptors (Lipinski definition) is 5. The van der Waals surface area contributed by atoms with Crippen molar-refractivity contribution in [3.05, 3.63) is 23.8 Å². The Morgan fingerprint density at radius 3 is 2.86 bits per heavy atom. The summed E-state index contributed by atoms with van der Waals surface area (Å²) in [6.07, 6.45) is 2.76. The molecule has 0 bridgehead atoms. The van der Waals surface area contributed by atoms with Crippen LogP contribution in [0.2, 0.25) is 0 Å². The molecule has 3 atom stereocenters. The number of fused-ring (bicyclic) bond motifs is 1. The second kappa shape index (κ2) is 6.22. The zero-order valence-corrected chi connectivity index (χ0v) is 12.5. The van der Waals surface area contributed by atoms with E-state index in [1.54, 1.807) is 12.1 Å². The predicted molar refractivity (Wildman–Crippen MR) is 80.5 cm³/mol. The monoisotopic (exact) mass is 292 g/mol. The number of nitrogens with zero attached hydrogens (tertiary/aromatic N) is 1. The summed E-state index contributed by atoms with van der Waals surface area (Å²) in [5, 5.41) is 22.5. The van der Waals surface area contributed by atoms with Gasteiger partial charge < -0.3 is 20.3 Å². The van der Waals surface area contributed by atoms with Gasteiger partial charge in [-0.15, -0.1) is 0 Å². The van der Waals surface area contributed by atoms with Crippen molar-refractivity contribution in [2.24, 2.45) is 0 Å². The van der Waals surface area contributed by atoms with E-state index in [9.17, 15) is 10.2 Å². The molecular formula is C16H24N2O3. The Labute approximate surface area is 125 Å². The first-order valence-corrected chi connectivity index (χ1v) is 7.74. The summed E-state index contributed by atoms with van der Waals surface area (Å²) in [4.78, 5) is 2.53. The number of aromatic hydroxyl groups is 2. The minimum Gasteiger partial charge on any atom is -0.508 e. The van der Waals surface area contributed by atoms with Crippen molar-refractivity contribution in [3.63, 3.8) is 0 Å². The van der Waals surface area contributed by atoms with Crippen LogP contribution in [0.5, 0.6) is 11.5 Å². The van der Waals surface area contributed by atoms with Crippen LogP contribution < -0.4 is 5.32 Å². The van der Waals surface area contributed by atoms with E-state index in [0.29, 0.717) is 6.04 Å². The van der Waals surface area contributed by atoms with E-state index in [-0.39, 0.29) is 23.6 Å². The van der Waals surface area contributed by atoms with Crippen LogP contribution in [0.4, 0.5) is 0 Å². The van der Waals surface area contributed by atoms with Crippen LogP contribution >= 0.6 is 0 Å². The summed E-state index contributed by atoms with van der Waals surface area (Å²) in [5.74, 6) is 0.181. The third kappa shape index (κ3) is 3.48. The molecule has 1 aromatic rings. The first-order chi connectivity index (χ1) is 10.1. The smallest absolute Gasteiger partial charge is 0.119 e. The molecule has 2 aliphatic heterocycles. The fourth-order valence-corrected chi connectivity index (χ4v) is 3.30. The van der Waals surface area contributed by atoms with Gasteiger partial charge in [-0.25, -0.2) is 0 Å². The normalized spacial score (nSPS) is 27.5. The molecular weight excluding hydrogens is 268 g/mol. The lowest BCUT2D eigenvalue weighted by molar-refractivity contribution is -0.0477. The quantitative estimate of drug-likeness (QED) is 0.787. The zero-order chi connectivity index (χ0) is 14.8. The standard InChI is InChI=1S/C16H24N2O3/c1-11(12-5-14(19)7-15(20)6-12)17-8-16-9-18-4-2-3-13(18)10-21-16/h5-7,11,13,16-17,19-20H,2-4,8-10H2,1H3. The predicted octanol–water partition coefficient (Wildman–Crippen LogP) is 1.61. The van der Waals surface area contributed by atoms with Gasteiger partial charge in [0.25, 0.3) is 0 Å². The van der Waals surface area contributed by atoms with E-state index in [1.165, 1.54) is 25.5 Å². The Bertz CT molecular complexity index is 474. The fraction of sp³-hybridized carbons (Fsp3) is 0.625. The number of phenols is 2. The number of morpholine rings is 1. The van der Waals surface area contributed by atoms with Gasteiger partial charge in [-0.05, 0) is 44.0 Å². The van der Waals surface area contributed by atoms with E-state index < -0.39 is 0 Å². The molecule has 3 N–H and O–H groups in total. The topological polar surface area (TPSA) is 65.0 Å². The van der Waals surface area contributed by atoms with Gasteiger partial charge in [0.1, 0.15) is 11.5 Å². The SMILES string of the molecule is CC(NCC1CN2CCCC2CO1)c1cc(O)cc(O)c1. The van der Waals surface area contributed by atoms with Gasteiger partial charge in [-0.3, -0.25) is 4.90 Å². The number of nitrogens with one attached hydrogen (secondary N) is 1. The molecule has 2 fully saturated rings. The number of hydrogen-bond donors (Lipinski definition) is 3. The van der Waals surface area contributed by atoms with Gasteiger partial charge in [-0.1, -0.05) is 0 Å². The van der Waals surface area contributed by atoms with Crippen LogP contribution in [0, 0.1) is 0 Å². The number of benzene rings is 1. The highest BCUT2D eigenvalue weighted by Gasteiger charge is 2.32. The van der Waals surface area contributed by atoms with Crippen LogP contribution in [-0.2, 0) is 4.74 Å². The highest BCUT2D eigenvalue weighted by Crippen LogP contribution is 2.25. The van der Waals surface area contributed by atoms with Crippen molar-refractivity contribution < 1.29 is 14.9 Å². The molecule has 5 heteroatoms. The highest BCUT2D eigenvalue weighted by molar-refractivity contribution is 5.37. The summed E-state index contributed by atoms with van der Waals surface area (Å²) in [5.41, 5.74) is 0.877. The molecule has 2 heterocycles. The van der Waals surface area contributed by atoms with Crippen molar-refractivity contribution in [2.45, 2.75) is 38.0 Å². The Morgan fingerprint density at radius 2 is 2.10 bits per heavy atom. The molecule has 0 spiro atoms. The van der Waals surface area contributed by atoms with E-state index in [4.69, 9.17) is 4.74 Å². The molecule has 2 aliphatic rings. The highest BCUT2D eigenvalue weighted by atomic mass is 16.5. The molecule has 0 aliphatic carbocycles. The molecule has 0 aromatic heterocycles. The van der Waals surface area contributed by atoms with Gasteiger partial charge in [-0.2, -0.15) is 0 Å². The average Bonchev–Trinajstić information content (AvgIpc) is 2.91. The third-order valence-corrected chi connectivity index (χ3v) is 4.54. The van der Waals surface area contributed by atoms with E-state index in [1.807, 2.05) is 6.92 Å². The van der Waals surface area contributed by atoms with Crippen LogP contribution in [-0.4, -0.2) is 53.5 Å². The van der Waals surface area contributed by atoms with E-state index in [0.717, 1.165) is 25.3 Å². The molecule has 2 saturated heterocycles. The lowest BCUT2D eigenvalue weighted by Gasteiger charge is -2.35. The van der Waals surface area contributed by atoms with Gasteiger partial charge in [0.05, 0.1) is 12.7 Å². The number of ether oxygens (including phenoxy) is 1. The Balaban J connectivity index is 1.52. The lowest BCUT2D eigenvalue weighted by atomic mass is 10.1. The minimum absolute atomic E-state index is 0.0582. The molecule has 0 amide bonds. The Morgan fingerprint density at radius 1 is 1.33 bits per heavy atom. The van der Waals surface area contributed by atoms with Crippen molar-refractivity contribution in [2.75, 3.05) is 26.2 Å². The maximum absolute atomic E-state index is 9.54. The van der Waals surface area contributed by atoms with Crippen molar-refractivity contribution in [1.82, 2.24) is 10.2 Å². The van der Waals surface area contributed by atoms with E-state index >= 15 is 0 Å². The van der Waals surface area contributed by atoms with Gasteiger partial charge in [0.15, 0.2) is 0 Å². The van der Waals surface area contributed by atoms with Crippen molar-refractivity contribution in [3.8, 4) is 11.5 Å². The first-order valence-electron chi connectivity index (χ1n) is 7.74. The molecule has 1 aromatic carbocycles. The average molecular weight is 292 g/mol. The van der Waals surface area contributed by atoms with Gasteiger partial charge >= 0.3 is 0 Å². The molecule has 3 rings (SSSR count). The van der Waals surface area contributed by atoms with Crippen LogP contribution in [0.1, 0.15) is 31.4 Å². The van der Waals surface area contributed by atoms with Crippen molar-refractivity contribution in [1.29, 1.82) is 0 Å². The summed E-state index contributed by atoms with van der Waals surface area (Å²) in [7, 11) is 0. The second-order valence-electron chi connectivity index (χ2n) is 6.16. The number of rotatable bonds is 4. The molecule has 3 unspecified atom stereocenters. The molecule has 0 radical (unpaired) electrons. The summed E-state index contributed by atoms with van der Waals surface area (Å²) < 4.78 is 5.92. The van der Waals surface area contributed by atoms with Crippen LogP contribution in [0.3, 0.4) is 0 Å². The largest absolute Gasteiger partial charge is 0.508 e. The van der Waals surface area contributed by atoms with Gasteiger partial charge in [0.2, 0.25) is 0 Å². The Hall–Kier alpha value is -1.30. The molecule has 116 valence electrons. The van der Waals surface area contributed by atoms with E-state index in [2.05, 4.69) is 10.2 Å². The lowest BCUT2D eigenvalue weighted by Crippen LogP contribution is -2.49. The fourth-order valence-electron chi connectivity index (χ4n) is 3.30. The second-order valence-corrected chi connectivity index (χ2v) is 6.16. The summed E-state index contributed by atoms with van der Waals surface area (Å²) in [6.45, 7) is 5.83. The summed E-state index contributed by atoms with van der Waals surface area (Å²) >= 11 is 0. The maximum atomic E-state index is 9.54. The van der Waals surface area contributed by atoms with Gasteiger partial charge in [0, 0.05) is 31.2 Å². The zero-order valence-electron chi connectivity index (χ0n) is 12.5. The third-order valence-electron chi connectivity index (χ3n) is 4.54. The first kappa shape index (κ1) is 14.6.